The van der Waals surface area contributed by atoms with Crippen LogP contribution in [0.25, 0.3) is 0 Å². The third-order valence-corrected chi connectivity index (χ3v) is 1.08. The summed E-state index contributed by atoms with van der Waals surface area (Å²) in [7, 11) is 0. The van der Waals surface area contributed by atoms with Crippen LogP contribution < -0.4 is 11.5 Å². The number of carbonyl (C=O) groups is 1. The zero-order valence-electron chi connectivity index (χ0n) is 5.28. The number of ether oxygens (including phenoxy) is 1. The second-order valence-electron chi connectivity index (χ2n) is 1.92. The summed E-state index contributed by atoms with van der Waals surface area (Å²) in [5, 5.41) is 0. The van der Waals surface area contributed by atoms with Crippen molar-refractivity contribution in [3.8, 4) is 0 Å². The lowest BCUT2D eigenvalue weighted by atomic mass is 10.2. The maximum absolute atomic E-state index is 10.4. The lowest BCUT2D eigenvalue weighted by molar-refractivity contribution is -0.117. The lowest BCUT2D eigenvalue weighted by Gasteiger charge is -2.09. The van der Waals surface area contributed by atoms with E-state index in [1.807, 2.05) is 0 Å². The van der Waals surface area contributed by atoms with Gasteiger partial charge in [0.05, 0.1) is 6.26 Å². The molecule has 1 heterocycles. The van der Waals surface area contributed by atoms with Gasteiger partial charge in [-0.1, -0.05) is 0 Å². The number of hydrogen-bond donors (Lipinski definition) is 2. The molecule has 0 aliphatic carbocycles. The monoisotopic (exact) mass is 140 g/mol. The van der Waals surface area contributed by atoms with Gasteiger partial charge < -0.3 is 16.2 Å². The number of nitrogens with two attached hydrogens (primary N) is 2. The standard InChI is InChI=1S/C6H8N2O2/c7-4-1-2-10-5(3-4)6(8)9/h1-4H,7H2,(H2,8,9). The summed E-state index contributed by atoms with van der Waals surface area (Å²) in [5.74, 6) is -0.491. The molecule has 4 heteroatoms. The Hall–Kier alpha value is -1.29. The first kappa shape index (κ1) is 6.82. The van der Waals surface area contributed by atoms with E-state index in [1.54, 1.807) is 6.08 Å². The molecule has 4 nitrogen and oxygen atoms in total. The Morgan fingerprint density at radius 1 is 1.70 bits per heavy atom. The van der Waals surface area contributed by atoms with Gasteiger partial charge in [0.25, 0.3) is 5.91 Å². The predicted octanol–water partition coefficient (Wildman–Crippen LogP) is -0.773. The van der Waals surface area contributed by atoms with Crippen LogP contribution in [0, 0.1) is 0 Å². The van der Waals surface area contributed by atoms with Gasteiger partial charge in [-0.3, -0.25) is 4.79 Å². The van der Waals surface area contributed by atoms with Gasteiger partial charge in [-0.2, -0.15) is 0 Å². The molecule has 1 aliphatic rings. The molecule has 0 saturated carbocycles. The van der Waals surface area contributed by atoms with E-state index in [9.17, 15) is 4.79 Å². The van der Waals surface area contributed by atoms with Crippen molar-refractivity contribution in [3.63, 3.8) is 0 Å². The normalized spacial score (nSPS) is 23.3. The highest BCUT2D eigenvalue weighted by Crippen LogP contribution is 2.05. The first-order valence-corrected chi connectivity index (χ1v) is 2.80. The second kappa shape index (κ2) is 2.53. The van der Waals surface area contributed by atoms with Crippen molar-refractivity contribution >= 4 is 5.91 Å². The summed E-state index contributed by atoms with van der Waals surface area (Å²) in [6.45, 7) is 0. The Morgan fingerprint density at radius 2 is 2.40 bits per heavy atom. The summed E-state index contributed by atoms with van der Waals surface area (Å²) in [4.78, 5) is 10.4. The maximum Gasteiger partial charge on any atom is 0.284 e. The van der Waals surface area contributed by atoms with E-state index in [1.165, 1.54) is 12.3 Å². The Bertz CT molecular complexity index is 208. The molecule has 0 radical (unpaired) electrons. The van der Waals surface area contributed by atoms with Gasteiger partial charge in [0.2, 0.25) is 0 Å². The van der Waals surface area contributed by atoms with Crippen LogP contribution in [0.2, 0.25) is 0 Å². The number of hydrogen-bond acceptors (Lipinski definition) is 3. The number of carbonyl (C=O) groups excluding carboxylic acids is 1. The number of amides is 1. The molecule has 10 heavy (non-hydrogen) atoms. The molecule has 1 rings (SSSR count). The second-order valence-corrected chi connectivity index (χ2v) is 1.92. The van der Waals surface area contributed by atoms with Crippen LogP contribution >= 0.6 is 0 Å². The summed E-state index contributed by atoms with van der Waals surface area (Å²) < 4.78 is 4.74. The Labute approximate surface area is 58.1 Å². The van der Waals surface area contributed by atoms with Gasteiger partial charge in [-0.25, -0.2) is 0 Å². The molecular weight excluding hydrogens is 132 g/mol. The minimum atomic E-state index is -0.597. The zero-order chi connectivity index (χ0) is 7.56. The Morgan fingerprint density at radius 3 is 2.80 bits per heavy atom. The quantitative estimate of drug-likeness (QED) is 0.501. The number of primary amides is 1. The molecule has 4 N–H and O–H groups in total. The third-order valence-electron chi connectivity index (χ3n) is 1.08. The van der Waals surface area contributed by atoms with Crippen LogP contribution in [0.15, 0.2) is 24.2 Å². The molecular formula is C6H8N2O2. The van der Waals surface area contributed by atoms with Crippen molar-refractivity contribution in [1.29, 1.82) is 0 Å². The molecule has 1 atom stereocenters. The van der Waals surface area contributed by atoms with Gasteiger partial charge in [0, 0.05) is 6.04 Å². The fourth-order valence-electron chi connectivity index (χ4n) is 0.613. The summed E-state index contributed by atoms with van der Waals surface area (Å²) in [6.07, 6.45) is 4.43. The zero-order valence-corrected chi connectivity index (χ0v) is 5.28. The molecule has 0 aromatic heterocycles. The van der Waals surface area contributed by atoms with Crippen LogP contribution in [0.3, 0.4) is 0 Å². The topological polar surface area (TPSA) is 78.3 Å². The van der Waals surface area contributed by atoms with Crippen LogP contribution in [0.4, 0.5) is 0 Å². The third kappa shape index (κ3) is 1.35. The fourth-order valence-corrected chi connectivity index (χ4v) is 0.613. The summed E-state index contributed by atoms with van der Waals surface area (Å²) >= 11 is 0. The Balaban J connectivity index is 2.71. The van der Waals surface area contributed by atoms with Crippen molar-refractivity contribution in [2.75, 3.05) is 0 Å². The SMILES string of the molecule is NC(=O)C1=CC(N)C=CO1. The van der Waals surface area contributed by atoms with Crippen molar-refractivity contribution in [2.45, 2.75) is 6.04 Å². The molecule has 0 saturated heterocycles. The van der Waals surface area contributed by atoms with Gasteiger partial charge in [0.1, 0.15) is 0 Å². The molecule has 1 amide bonds. The first-order valence-electron chi connectivity index (χ1n) is 2.80. The van der Waals surface area contributed by atoms with E-state index in [0.29, 0.717) is 0 Å². The highest BCUT2D eigenvalue weighted by atomic mass is 16.5. The minimum absolute atomic E-state index is 0.106. The molecule has 1 unspecified atom stereocenters. The van der Waals surface area contributed by atoms with Crippen molar-refractivity contribution in [1.82, 2.24) is 0 Å². The average molecular weight is 140 g/mol. The van der Waals surface area contributed by atoms with Crippen LogP contribution in [0.1, 0.15) is 0 Å². The van der Waals surface area contributed by atoms with E-state index >= 15 is 0 Å². The van der Waals surface area contributed by atoms with E-state index in [0.717, 1.165) is 0 Å². The average Bonchev–Trinajstić information content (AvgIpc) is 1.88. The van der Waals surface area contributed by atoms with Crippen LogP contribution in [-0.2, 0) is 9.53 Å². The van der Waals surface area contributed by atoms with Crippen LogP contribution in [0.5, 0.6) is 0 Å². The molecule has 0 aromatic carbocycles. The summed E-state index contributed by atoms with van der Waals surface area (Å²) in [5.41, 5.74) is 10.3. The van der Waals surface area contributed by atoms with Gasteiger partial charge in [0.15, 0.2) is 5.76 Å². The predicted molar refractivity (Wildman–Crippen MR) is 35.5 cm³/mol. The smallest absolute Gasteiger partial charge is 0.284 e. The van der Waals surface area contributed by atoms with E-state index < -0.39 is 5.91 Å². The molecule has 0 spiro atoms. The minimum Gasteiger partial charge on any atom is -0.460 e. The highest BCUT2D eigenvalue weighted by molar-refractivity contribution is 5.90. The molecule has 54 valence electrons. The first-order chi connectivity index (χ1) is 4.70. The molecule has 0 aromatic rings. The van der Waals surface area contributed by atoms with Gasteiger partial charge >= 0.3 is 0 Å². The molecule has 0 fully saturated rings. The van der Waals surface area contributed by atoms with Crippen molar-refractivity contribution in [2.24, 2.45) is 11.5 Å². The van der Waals surface area contributed by atoms with Crippen molar-refractivity contribution in [3.05, 3.63) is 24.2 Å². The van der Waals surface area contributed by atoms with Crippen molar-refractivity contribution < 1.29 is 9.53 Å². The Kier molecular flexibility index (Phi) is 1.73. The van der Waals surface area contributed by atoms with E-state index in [4.69, 9.17) is 16.2 Å². The number of rotatable bonds is 1. The lowest BCUT2D eigenvalue weighted by Crippen LogP contribution is -2.23. The maximum atomic E-state index is 10.4. The van der Waals surface area contributed by atoms with Gasteiger partial charge in [-0.05, 0) is 12.2 Å². The van der Waals surface area contributed by atoms with Crippen LogP contribution in [-0.4, -0.2) is 11.9 Å². The van der Waals surface area contributed by atoms with E-state index in [2.05, 4.69) is 0 Å². The largest absolute Gasteiger partial charge is 0.460 e. The molecule has 1 aliphatic heterocycles. The van der Waals surface area contributed by atoms with Gasteiger partial charge in [-0.15, -0.1) is 0 Å². The summed E-state index contributed by atoms with van der Waals surface area (Å²) in [6, 6.07) is -0.267. The van der Waals surface area contributed by atoms with E-state index in [-0.39, 0.29) is 11.8 Å². The fraction of sp³-hybridized carbons (Fsp3) is 0.167. The highest BCUT2D eigenvalue weighted by Gasteiger charge is 2.09. The molecule has 0 bridgehead atoms.